The van der Waals surface area contributed by atoms with Crippen molar-refractivity contribution >= 4 is 0 Å². The van der Waals surface area contributed by atoms with E-state index in [2.05, 4.69) is 4.98 Å². The van der Waals surface area contributed by atoms with E-state index in [0.717, 1.165) is 22.3 Å². The molecule has 0 amide bonds. The topological polar surface area (TPSA) is 42.4 Å². The van der Waals surface area contributed by atoms with Gasteiger partial charge < -0.3 is 9.84 Å². The van der Waals surface area contributed by atoms with Gasteiger partial charge in [-0.3, -0.25) is 4.98 Å². The molecule has 0 saturated heterocycles. The predicted molar refractivity (Wildman–Crippen MR) is 95.9 cm³/mol. The van der Waals surface area contributed by atoms with Crippen molar-refractivity contribution in [1.29, 1.82) is 0 Å². The number of halogens is 1. The first kappa shape index (κ1) is 17.1. The van der Waals surface area contributed by atoms with Crippen molar-refractivity contribution in [1.82, 2.24) is 4.98 Å². The summed E-state index contributed by atoms with van der Waals surface area (Å²) in [4.78, 5) is 4.01. The monoisotopic (exact) mass is 337 g/mol. The van der Waals surface area contributed by atoms with Gasteiger partial charge in [0.1, 0.15) is 5.60 Å². The Kier molecular flexibility index (Phi) is 4.81. The van der Waals surface area contributed by atoms with Gasteiger partial charge in [-0.1, -0.05) is 37.3 Å². The van der Waals surface area contributed by atoms with Crippen molar-refractivity contribution in [2.45, 2.75) is 18.9 Å². The molecule has 1 heterocycles. The van der Waals surface area contributed by atoms with Crippen molar-refractivity contribution in [2.75, 3.05) is 7.11 Å². The highest BCUT2D eigenvalue weighted by atomic mass is 19.1. The molecule has 0 fully saturated rings. The molecule has 0 aliphatic carbocycles. The van der Waals surface area contributed by atoms with E-state index in [4.69, 9.17) is 4.74 Å². The van der Waals surface area contributed by atoms with E-state index in [0.29, 0.717) is 6.42 Å². The number of methoxy groups -OCH3 is 1. The largest absolute Gasteiger partial charge is 0.494 e. The molecule has 1 atom stereocenters. The molecule has 0 bridgehead atoms. The maximum Gasteiger partial charge on any atom is 0.165 e. The van der Waals surface area contributed by atoms with Crippen molar-refractivity contribution < 1.29 is 14.2 Å². The zero-order valence-corrected chi connectivity index (χ0v) is 14.2. The Balaban J connectivity index is 1.95. The molecule has 0 aliphatic rings. The molecule has 0 aliphatic heterocycles. The molecule has 0 spiro atoms. The average molecular weight is 337 g/mol. The lowest BCUT2D eigenvalue weighted by molar-refractivity contribution is 0.0764. The number of aromatic nitrogens is 1. The van der Waals surface area contributed by atoms with Gasteiger partial charge in [0.25, 0.3) is 0 Å². The van der Waals surface area contributed by atoms with Gasteiger partial charge >= 0.3 is 0 Å². The molecule has 0 radical (unpaired) electrons. The summed E-state index contributed by atoms with van der Waals surface area (Å²) in [7, 11) is 1.44. The van der Waals surface area contributed by atoms with Gasteiger partial charge in [-0.05, 0) is 52.9 Å². The summed E-state index contributed by atoms with van der Waals surface area (Å²) >= 11 is 0. The van der Waals surface area contributed by atoms with Crippen molar-refractivity contribution in [2.24, 2.45) is 0 Å². The number of benzene rings is 2. The Morgan fingerprint density at radius 1 is 0.960 bits per heavy atom. The number of nitrogens with zero attached hydrogens (tertiary/aromatic N) is 1. The van der Waals surface area contributed by atoms with Crippen molar-refractivity contribution in [3.63, 3.8) is 0 Å². The first-order chi connectivity index (χ1) is 12.1. The third-order valence-electron chi connectivity index (χ3n) is 4.52. The fourth-order valence-corrected chi connectivity index (χ4v) is 2.99. The van der Waals surface area contributed by atoms with Gasteiger partial charge in [0.2, 0.25) is 0 Å². The minimum absolute atomic E-state index is 0.221. The average Bonchev–Trinajstić information content (AvgIpc) is 2.68. The zero-order chi connectivity index (χ0) is 17.9. The summed E-state index contributed by atoms with van der Waals surface area (Å²) in [6, 6.07) is 16.0. The normalized spacial score (nSPS) is 13.3. The van der Waals surface area contributed by atoms with Crippen LogP contribution >= 0.6 is 0 Å². The highest BCUT2D eigenvalue weighted by Gasteiger charge is 2.29. The summed E-state index contributed by atoms with van der Waals surface area (Å²) in [5, 5.41) is 11.1. The second kappa shape index (κ2) is 7.03. The minimum atomic E-state index is -1.08. The molecule has 128 valence electrons. The molecular formula is C21H20FNO2. The molecule has 3 aromatic rings. The van der Waals surface area contributed by atoms with E-state index in [1.165, 1.54) is 13.2 Å². The Bertz CT molecular complexity index is 850. The van der Waals surface area contributed by atoms with E-state index in [-0.39, 0.29) is 5.75 Å². The summed E-state index contributed by atoms with van der Waals surface area (Å²) in [5.41, 5.74) is 2.14. The Hall–Kier alpha value is -2.72. The summed E-state index contributed by atoms with van der Waals surface area (Å²) in [6.45, 7) is 1.94. The standard InChI is InChI=1S/C21H20FNO2/c1-3-21(24,18-10-12-23-13-11-18)17-7-4-15(5-8-17)16-6-9-20(25-2)19(22)14-16/h4-14,24H,3H2,1-2H3. The fraction of sp³-hybridized carbons (Fsp3) is 0.190. The lowest BCUT2D eigenvalue weighted by Gasteiger charge is -2.28. The quantitative estimate of drug-likeness (QED) is 0.743. The van der Waals surface area contributed by atoms with E-state index in [1.54, 1.807) is 18.5 Å². The molecule has 0 saturated carbocycles. The zero-order valence-electron chi connectivity index (χ0n) is 14.2. The number of hydrogen-bond acceptors (Lipinski definition) is 3. The molecule has 25 heavy (non-hydrogen) atoms. The number of aliphatic hydroxyl groups is 1. The SMILES string of the molecule is CCC(O)(c1ccncc1)c1ccc(-c2ccc(OC)c(F)c2)cc1. The second-order valence-electron chi connectivity index (χ2n) is 5.88. The lowest BCUT2D eigenvalue weighted by Crippen LogP contribution is -2.26. The molecular weight excluding hydrogens is 317 g/mol. The van der Waals surface area contributed by atoms with Gasteiger partial charge in [0, 0.05) is 12.4 Å². The smallest absolute Gasteiger partial charge is 0.165 e. The second-order valence-corrected chi connectivity index (χ2v) is 5.88. The van der Waals surface area contributed by atoms with Crippen LogP contribution in [0.5, 0.6) is 5.75 Å². The van der Waals surface area contributed by atoms with Gasteiger partial charge in [-0.25, -0.2) is 4.39 Å². The van der Waals surface area contributed by atoms with Crippen LogP contribution in [0, 0.1) is 5.82 Å². The third kappa shape index (κ3) is 3.26. The highest BCUT2D eigenvalue weighted by molar-refractivity contribution is 5.65. The Morgan fingerprint density at radius 2 is 1.56 bits per heavy atom. The minimum Gasteiger partial charge on any atom is -0.494 e. The summed E-state index contributed by atoms with van der Waals surface area (Å²) < 4.78 is 18.9. The van der Waals surface area contributed by atoms with Gasteiger partial charge in [-0.15, -0.1) is 0 Å². The van der Waals surface area contributed by atoms with Crippen LogP contribution in [0.25, 0.3) is 11.1 Å². The third-order valence-corrected chi connectivity index (χ3v) is 4.52. The predicted octanol–water partition coefficient (Wildman–Crippen LogP) is 4.54. The Labute approximate surface area is 146 Å². The Morgan fingerprint density at radius 3 is 2.12 bits per heavy atom. The first-order valence-corrected chi connectivity index (χ1v) is 8.16. The van der Waals surface area contributed by atoms with Crippen LogP contribution in [0.15, 0.2) is 67.0 Å². The molecule has 1 N–H and O–H groups in total. The molecule has 4 heteroatoms. The lowest BCUT2D eigenvalue weighted by atomic mass is 9.84. The van der Waals surface area contributed by atoms with E-state index < -0.39 is 11.4 Å². The number of ether oxygens (including phenoxy) is 1. The van der Waals surface area contributed by atoms with E-state index in [1.807, 2.05) is 49.4 Å². The molecule has 2 aromatic carbocycles. The van der Waals surface area contributed by atoms with Crippen molar-refractivity contribution in [3.8, 4) is 16.9 Å². The van der Waals surface area contributed by atoms with Crippen LogP contribution in [0.2, 0.25) is 0 Å². The summed E-state index contributed by atoms with van der Waals surface area (Å²) in [6.07, 6.45) is 3.88. The molecule has 1 aromatic heterocycles. The highest BCUT2D eigenvalue weighted by Crippen LogP contribution is 2.34. The van der Waals surface area contributed by atoms with Crippen LogP contribution in [0.1, 0.15) is 24.5 Å². The molecule has 1 unspecified atom stereocenters. The van der Waals surface area contributed by atoms with Gasteiger partial charge in [-0.2, -0.15) is 0 Å². The van der Waals surface area contributed by atoms with Crippen LogP contribution < -0.4 is 4.74 Å². The van der Waals surface area contributed by atoms with Crippen molar-refractivity contribution in [3.05, 3.63) is 83.9 Å². The van der Waals surface area contributed by atoms with E-state index >= 15 is 0 Å². The van der Waals surface area contributed by atoms with Gasteiger partial charge in [0.05, 0.1) is 7.11 Å². The maximum atomic E-state index is 13.9. The van der Waals surface area contributed by atoms with Crippen LogP contribution in [-0.2, 0) is 5.60 Å². The summed E-state index contributed by atoms with van der Waals surface area (Å²) in [5.74, 6) is -0.177. The first-order valence-electron chi connectivity index (χ1n) is 8.16. The van der Waals surface area contributed by atoms with Crippen LogP contribution in [0.3, 0.4) is 0 Å². The molecule has 3 rings (SSSR count). The number of rotatable bonds is 5. The van der Waals surface area contributed by atoms with E-state index in [9.17, 15) is 9.50 Å². The number of pyridine rings is 1. The number of hydrogen-bond donors (Lipinski definition) is 1. The fourth-order valence-electron chi connectivity index (χ4n) is 2.99. The van der Waals surface area contributed by atoms with Crippen LogP contribution in [-0.4, -0.2) is 17.2 Å². The van der Waals surface area contributed by atoms with Crippen LogP contribution in [0.4, 0.5) is 4.39 Å². The maximum absolute atomic E-state index is 13.9. The molecule has 3 nitrogen and oxygen atoms in total. The van der Waals surface area contributed by atoms with Gasteiger partial charge in [0.15, 0.2) is 11.6 Å².